The Labute approximate surface area is 98.8 Å². The average Bonchev–Trinajstić information content (AvgIpc) is 2.18. The highest BCUT2D eigenvalue weighted by atomic mass is 79.9. The van der Waals surface area contributed by atoms with E-state index in [2.05, 4.69) is 15.9 Å². The minimum Gasteiger partial charge on any atom is -0.496 e. The van der Waals surface area contributed by atoms with Gasteiger partial charge in [0, 0.05) is 5.92 Å². The summed E-state index contributed by atoms with van der Waals surface area (Å²) < 4.78 is 6.02. The predicted molar refractivity (Wildman–Crippen MR) is 64.3 cm³/mol. The van der Waals surface area contributed by atoms with E-state index in [0.29, 0.717) is 5.92 Å². The fourth-order valence-electron chi connectivity index (χ4n) is 1.51. The largest absolute Gasteiger partial charge is 0.496 e. The molecule has 15 heavy (non-hydrogen) atoms. The molecule has 1 aromatic rings. The third-order valence-electron chi connectivity index (χ3n) is 2.43. The second-order valence-electron chi connectivity index (χ2n) is 3.80. The number of halogens is 1. The Balaban J connectivity index is 3.05. The van der Waals surface area contributed by atoms with Gasteiger partial charge in [0.05, 0.1) is 11.6 Å². The van der Waals surface area contributed by atoms with Crippen LogP contribution in [-0.2, 0) is 4.79 Å². The van der Waals surface area contributed by atoms with Crippen molar-refractivity contribution in [1.82, 2.24) is 0 Å². The van der Waals surface area contributed by atoms with Crippen LogP contribution < -0.4 is 4.74 Å². The smallest absolute Gasteiger partial charge is 0.133 e. The minimum absolute atomic E-state index is 0.0489. The van der Waals surface area contributed by atoms with Crippen LogP contribution >= 0.6 is 15.9 Å². The molecule has 0 N–H and O–H groups in total. The van der Waals surface area contributed by atoms with Crippen molar-refractivity contribution in [2.24, 2.45) is 5.92 Å². The van der Waals surface area contributed by atoms with Crippen molar-refractivity contribution in [1.29, 1.82) is 0 Å². The first kappa shape index (κ1) is 12.2. The van der Waals surface area contributed by atoms with Gasteiger partial charge >= 0.3 is 0 Å². The molecular formula is C12H15BrO2. The topological polar surface area (TPSA) is 26.3 Å². The number of benzene rings is 1. The number of methoxy groups -OCH3 is 1. The zero-order valence-corrected chi connectivity index (χ0v) is 10.7. The molecule has 0 heterocycles. The van der Waals surface area contributed by atoms with E-state index < -0.39 is 0 Å². The first-order valence-corrected chi connectivity index (χ1v) is 5.68. The highest BCUT2D eigenvalue weighted by Gasteiger charge is 2.15. The lowest BCUT2D eigenvalue weighted by Crippen LogP contribution is -2.08. The van der Waals surface area contributed by atoms with Gasteiger partial charge in [0.1, 0.15) is 12.0 Å². The molecule has 0 saturated carbocycles. The Morgan fingerprint density at radius 1 is 1.40 bits per heavy atom. The Kier molecular flexibility index (Phi) is 4.33. The number of aldehydes is 1. The molecule has 0 saturated heterocycles. The molecule has 1 rings (SSSR count). The normalized spacial score (nSPS) is 12.6. The molecule has 1 unspecified atom stereocenters. The third-order valence-corrected chi connectivity index (χ3v) is 3.05. The summed E-state index contributed by atoms with van der Waals surface area (Å²) in [6, 6.07) is 5.75. The molecule has 0 aliphatic heterocycles. The third kappa shape index (κ3) is 2.81. The maximum atomic E-state index is 11.0. The molecule has 0 aliphatic carbocycles. The Morgan fingerprint density at radius 3 is 2.47 bits per heavy atom. The van der Waals surface area contributed by atoms with Crippen LogP contribution in [-0.4, -0.2) is 13.4 Å². The van der Waals surface area contributed by atoms with E-state index in [1.165, 1.54) is 0 Å². The molecule has 0 bridgehead atoms. The van der Waals surface area contributed by atoms with Crippen LogP contribution in [0.4, 0.5) is 0 Å². The van der Waals surface area contributed by atoms with E-state index in [9.17, 15) is 4.79 Å². The van der Waals surface area contributed by atoms with Crippen molar-refractivity contribution in [3.05, 3.63) is 28.2 Å². The van der Waals surface area contributed by atoms with Crippen molar-refractivity contribution >= 4 is 22.2 Å². The van der Waals surface area contributed by atoms with Crippen molar-refractivity contribution in [3.8, 4) is 5.75 Å². The fourth-order valence-corrected chi connectivity index (χ4v) is 2.07. The standard InChI is InChI=1S/C12H15BrO2/c1-8(2)10(7-14)9-4-5-12(15-3)11(13)6-9/h4-8,10H,1-3H3. The first-order chi connectivity index (χ1) is 7.10. The van der Waals surface area contributed by atoms with E-state index in [1.54, 1.807) is 7.11 Å². The van der Waals surface area contributed by atoms with Gasteiger partial charge in [-0.15, -0.1) is 0 Å². The molecule has 1 atom stereocenters. The van der Waals surface area contributed by atoms with Crippen LogP contribution in [0.25, 0.3) is 0 Å². The second-order valence-corrected chi connectivity index (χ2v) is 4.65. The number of rotatable bonds is 4. The fraction of sp³-hybridized carbons (Fsp3) is 0.417. The lowest BCUT2D eigenvalue weighted by atomic mass is 9.90. The highest BCUT2D eigenvalue weighted by Crippen LogP contribution is 2.30. The van der Waals surface area contributed by atoms with Crippen LogP contribution in [0.2, 0.25) is 0 Å². The summed E-state index contributed by atoms with van der Waals surface area (Å²) in [6.07, 6.45) is 0.999. The van der Waals surface area contributed by atoms with Crippen LogP contribution in [0.15, 0.2) is 22.7 Å². The van der Waals surface area contributed by atoms with Gasteiger partial charge in [-0.05, 0) is 39.5 Å². The molecule has 3 heteroatoms. The molecule has 0 aliphatic rings. The van der Waals surface area contributed by atoms with Gasteiger partial charge in [-0.3, -0.25) is 0 Å². The highest BCUT2D eigenvalue weighted by molar-refractivity contribution is 9.10. The van der Waals surface area contributed by atoms with E-state index in [4.69, 9.17) is 4.74 Å². The maximum absolute atomic E-state index is 11.0. The van der Waals surface area contributed by atoms with E-state index in [0.717, 1.165) is 22.1 Å². The zero-order valence-electron chi connectivity index (χ0n) is 9.16. The van der Waals surface area contributed by atoms with Gasteiger partial charge in [0.25, 0.3) is 0 Å². The number of hydrogen-bond acceptors (Lipinski definition) is 2. The van der Waals surface area contributed by atoms with Crippen LogP contribution in [0.5, 0.6) is 5.75 Å². The van der Waals surface area contributed by atoms with Gasteiger partial charge in [-0.2, -0.15) is 0 Å². The van der Waals surface area contributed by atoms with Gasteiger partial charge in [0.15, 0.2) is 0 Å². The summed E-state index contributed by atoms with van der Waals surface area (Å²) >= 11 is 3.41. The maximum Gasteiger partial charge on any atom is 0.133 e. The van der Waals surface area contributed by atoms with Crippen LogP contribution in [0.1, 0.15) is 25.3 Å². The Hall–Kier alpha value is -0.830. The monoisotopic (exact) mass is 270 g/mol. The lowest BCUT2D eigenvalue weighted by molar-refractivity contribution is -0.109. The van der Waals surface area contributed by atoms with Crippen molar-refractivity contribution in [2.45, 2.75) is 19.8 Å². The Morgan fingerprint density at radius 2 is 2.07 bits per heavy atom. The molecule has 0 spiro atoms. The molecule has 1 aromatic carbocycles. The van der Waals surface area contributed by atoms with Gasteiger partial charge in [-0.25, -0.2) is 0 Å². The number of carbonyl (C=O) groups excluding carboxylic acids is 1. The van der Waals surface area contributed by atoms with Gasteiger partial charge in [-0.1, -0.05) is 19.9 Å². The quantitative estimate of drug-likeness (QED) is 0.784. The number of hydrogen-bond donors (Lipinski definition) is 0. The van der Waals surface area contributed by atoms with Crippen LogP contribution in [0.3, 0.4) is 0 Å². The summed E-state index contributed by atoms with van der Waals surface area (Å²) in [6.45, 7) is 4.08. The number of carbonyl (C=O) groups is 1. The predicted octanol–water partition coefficient (Wildman–Crippen LogP) is 3.40. The average molecular weight is 271 g/mol. The molecule has 0 amide bonds. The second kappa shape index (κ2) is 5.31. The number of ether oxygens (including phenoxy) is 1. The zero-order chi connectivity index (χ0) is 11.4. The molecule has 0 aromatic heterocycles. The van der Waals surface area contributed by atoms with E-state index in [-0.39, 0.29) is 5.92 Å². The summed E-state index contributed by atoms with van der Waals surface area (Å²) in [7, 11) is 1.62. The molecule has 82 valence electrons. The molecular weight excluding hydrogens is 256 g/mol. The van der Waals surface area contributed by atoms with E-state index in [1.807, 2.05) is 32.0 Å². The summed E-state index contributed by atoms with van der Waals surface area (Å²) in [4.78, 5) is 11.0. The molecule has 2 nitrogen and oxygen atoms in total. The van der Waals surface area contributed by atoms with Gasteiger partial charge in [0.2, 0.25) is 0 Å². The van der Waals surface area contributed by atoms with Crippen molar-refractivity contribution in [3.63, 3.8) is 0 Å². The van der Waals surface area contributed by atoms with Crippen LogP contribution in [0, 0.1) is 5.92 Å². The van der Waals surface area contributed by atoms with Gasteiger partial charge < -0.3 is 9.53 Å². The van der Waals surface area contributed by atoms with E-state index >= 15 is 0 Å². The summed E-state index contributed by atoms with van der Waals surface area (Å²) in [5.41, 5.74) is 1.02. The molecule has 0 radical (unpaired) electrons. The Bertz CT molecular complexity index is 347. The van der Waals surface area contributed by atoms with Crippen molar-refractivity contribution in [2.75, 3.05) is 7.11 Å². The minimum atomic E-state index is -0.0489. The summed E-state index contributed by atoms with van der Waals surface area (Å²) in [5, 5.41) is 0. The summed E-state index contributed by atoms with van der Waals surface area (Å²) in [5.74, 6) is 1.04. The van der Waals surface area contributed by atoms with Crippen molar-refractivity contribution < 1.29 is 9.53 Å². The first-order valence-electron chi connectivity index (χ1n) is 4.89. The lowest BCUT2D eigenvalue weighted by Gasteiger charge is -2.15. The molecule has 0 fully saturated rings. The SMILES string of the molecule is COc1ccc(C(C=O)C(C)C)cc1Br.